The Labute approximate surface area is 87.9 Å². The van der Waals surface area contributed by atoms with Crippen molar-refractivity contribution in [2.75, 3.05) is 19.0 Å². The third-order valence-electron chi connectivity index (χ3n) is 1.78. The summed E-state index contributed by atoms with van der Waals surface area (Å²) < 4.78 is 3.03. The van der Waals surface area contributed by atoms with Gasteiger partial charge < -0.3 is 9.47 Å². The summed E-state index contributed by atoms with van der Waals surface area (Å²) in [5.74, 6) is 0.972. The Morgan fingerprint density at radius 3 is 2.23 bits per heavy atom. The van der Waals surface area contributed by atoms with Crippen molar-refractivity contribution in [1.82, 2.24) is 9.55 Å². The topological polar surface area (TPSA) is 21.1 Å². The average Bonchev–Trinajstić information content (AvgIpc) is 2.29. The molecule has 1 aromatic heterocycles. The van der Waals surface area contributed by atoms with Gasteiger partial charge in [0.25, 0.3) is 0 Å². The van der Waals surface area contributed by atoms with Crippen LogP contribution in [0.15, 0.2) is 10.8 Å². The molecule has 0 aliphatic heterocycles. The first-order valence-electron chi connectivity index (χ1n) is 4.25. The van der Waals surface area contributed by atoms with Crippen LogP contribution in [0.5, 0.6) is 0 Å². The van der Waals surface area contributed by atoms with E-state index in [-0.39, 0.29) is 5.54 Å². The number of hydrogen-bond donors (Lipinski definition) is 0. The van der Waals surface area contributed by atoms with E-state index in [1.807, 2.05) is 25.2 Å². The monoisotopic (exact) mass is 245 g/mol. The molecule has 0 N–H and O–H groups in total. The first-order chi connectivity index (χ1) is 5.82. The van der Waals surface area contributed by atoms with E-state index in [2.05, 4.69) is 46.3 Å². The van der Waals surface area contributed by atoms with Gasteiger partial charge in [-0.1, -0.05) is 0 Å². The first kappa shape index (κ1) is 10.6. The molecule has 0 saturated heterocycles. The molecule has 13 heavy (non-hydrogen) atoms. The van der Waals surface area contributed by atoms with E-state index in [9.17, 15) is 0 Å². The van der Waals surface area contributed by atoms with Gasteiger partial charge in [0.2, 0.25) is 5.95 Å². The summed E-state index contributed by atoms with van der Waals surface area (Å²) >= 11 is 3.39. The Hall–Kier alpha value is -0.510. The highest BCUT2D eigenvalue weighted by atomic mass is 79.9. The van der Waals surface area contributed by atoms with Crippen molar-refractivity contribution in [1.29, 1.82) is 0 Å². The molecule has 1 rings (SSSR count). The van der Waals surface area contributed by atoms with Gasteiger partial charge in [-0.15, -0.1) is 0 Å². The van der Waals surface area contributed by atoms with E-state index in [1.54, 1.807) is 0 Å². The van der Waals surface area contributed by atoms with E-state index >= 15 is 0 Å². The Kier molecular flexibility index (Phi) is 2.71. The molecule has 0 spiro atoms. The molecule has 0 fully saturated rings. The number of anilines is 1. The summed E-state index contributed by atoms with van der Waals surface area (Å²) in [4.78, 5) is 6.39. The largest absolute Gasteiger partial charge is 0.348 e. The summed E-state index contributed by atoms with van der Waals surface area (Å²) in [7, 11) is 3.99. The number of nitrogens with zero attached hydrogens (tertiary/aromatic N) is 3. The van der Waals surface area contributed by atoms with Gasteiger partial charge in [0.15, 0.2) is 0 Å². The zero-order chi connectivity index (χ0) is 10.2. The Bertz CT molecular complexity index is 296. The summed E-state index contributed by atoms with van der Waals surface area (Å²) in [6.45, 7) is 6.48. The van der Waals surface area contributed by atoms with Crippen LogP contribution in [0.25, 0.3) is 0 Å². The summed E-state index contributed by atoms with van der Waals surface area (Å²) in [5.41, 5.74) is 0.0681. The molecule has 0 bridgehead atoms. The maximum Gasteiger partial charge on any atom is 0.206 e. The molecule has 0 radical (unpaired) electrons. The Morgan fingerprint density at radius 1 is 1.38 bits per heavy atom. The highest BCUT2D eigenvalue weighted by Gasteiger charge is 2.19. The summed E-state index contributed by atoms with van der Waals surface area (Å²) in [6.07, 6.45) is 2.01. The first-order valence-corrected chi connectivity index (χ1v) is 5.04. The SMILES string of the molecule is CN(C)c1nc(Br)cn1C(C)(C)C. The Balaban J connectivity index is 3.20. The van der Waals surface area contributed by atoms with Crippen LogP contribution in [0, 0.1) is 0 Å². The van der Waals surface area contributed by atoms with Crippen LogP contribution >= 0.6 is 15.9 Å². The van der Waals surface area contributed by atoms with Crippen LogP contribution in [0.4, 0.5) is 5.95 Å². The molecular formula is C9H16BrN3. The van der Waals surface area contributed by atoms with Crippen molar-refractivity contribution < 1.29 is 0 Å². The maximum absolute atomic E-state index is 4.38. The second-order valence-corrected chi connectivity index (χ2v) is 5.11. The van der Waals surface area contributed by atoms with Crippen molar-refractivity contribution in [3.8, 4) is 0 Å². The minimum Gasteiger partial charge on any atom is -0.348 e. The normalized spacial score (nSPS) is 11.8. The summed E-state index contributed by atoms with van der Waals surface area (Å²) in [6, 6.07) is 0. The van der Waals surface area contributed by atoms with Gasteiger partial charge in [-0.2, -0.15) is 0 Å². The molecule has 1 heterocycles. The van der Waals surface area contributed by atoms with E-state index in [0.29, 0.717) is 0 Å². The molecular weight excluding hydrogens is 230 g/mol. The minimum atomic E-state index is 0.0681. The molecule has 3 nitrogen and oxygen atoms in total. The van der Waals surface area contributed by atoms with Crippen molar-refractivity contribution in [3.05, 3.63) is 10.8 Å². The minimum absolute atomic E-state index is 0.0681. The van der Waals surface area contributed by atoms with Crippen molar-refractivity contribution in [2.45, 2.75) is 26.3 Å². The third-order valence-corrected chi connectivity index (χ3v) is 2.16. The second-order valence-electron chi connectivity index (χ2n) is 4.30. The van der Waals surface area contributed by atoms with E-state index in [1.165, 1.54) is 0 Å². The molecule has 0 atom stereocenters. The molecule has 1 aromatic rings. The zero-order valence-electron chi connectivity index (χ0n) is 8.80. The molecule has 74 valence electrons. The van der Waals surface area contributed by atoms with Gasteiger partial charge in [-0.05, 0) is 36.7 Å². The summed E-state index contributed by atoms with van der Waals surface area (Å²) in [5, 5.41) is 0. The van der Waals surface area contributed by atoms with E-state index in [0.717, 1.165) is 10.6 Å². The van der Waals surface area contributed by atoms with Gasteiger partial charge in [-0.3, -0.25) is 0 Å². The van der Waals surface area contributed by atoms with Gasteiger partial charge in [-0.25, -0.2) is 4.98 Å². The smallest absolute Gasteiger partial charge is 0.206 e. The average molecular weight is 246 g/mol. The number of aromatic nitrogens is 2. The predicted octanol–water partition coefficient (Wildman–Crippen LogP) is 2.47. The van der Waals surface area contributed by atoms with Crippen molar-refractivity contribution >= 4 is 21.9 Å². The molecule has 0 unspecified atom stereocenters. The van der Waals surface area contributed by atoms with Crippen molar-refractivity contribution in [3.63, 3.8) is 0 Å². The fourth-order valence-corrected chi connectivity index (χ4v) is 1.52. The van der Waals surface area contributed by atoms with Crippen LogP contribution in [0.2, 0.25) is 0 Å². The zero-order valence-corrected chi connectivity index (χ0v) is 10.4. The van der Waals surface area contributed by atoms with Crippen molar-refractivity contribution in [2.24, 2.45) is 0 Å². The molecule has 0 aliphatic carbocycles. The third kappa shape index (κ3) is 2.24. The predicted molar refractivity (Wildman–Crippen MR) is 59.3 cm³/mol. The molecule has 0 amide bonds. The number of imidazole rings is 1. The number of halogens is 1. The molecule has 0 aliphatic rings. The quantitative estimate of drug-likeness (QED) is 0.759. The van der Waals surface area contributed by atoms with Gasteiger partial charge in [0.1, 0.15) is 4.60 Å². The van der Waals surface area contributed by atoms with Crippen LogP contribution in [-0.2, 0) is 5.54 Å². The van der Waals surface area contributed by atoms with Crippen LogP contribution in [0.1, 0.15) is 20.8 Å². The van der Waals surface area contributed by atoms with Gasteiger partial charge >= 0.3 is 0 Å². The lowest BCUT2D eigenvalue weighted by atomic mass is 10.1. The number of hydrogen-bond acceptors (Lipinski definition) is 2. The highest BCUT2D eigenvalue weighted by molar-refractivity contribution is 9.10. The lowest BCUT2D eigenvalue weighted by molar-refractivity contribution is 0.398. The molecule has 0 saturated carbocycles. The fraction of sp³-hybridized carbons (Fsp3) is 0.667. The number of rotatable bonds is 1. The van der Waals surface area contributed by atoms with Gasteiger partial charge in [0.05, 0.1) is 0 Å². The standard InChI is InChI=1S/C9H16BrN3/c1-9(2,3)13-6-7(10)11-8(13)12(4)5/h6H,1-5H3. The van der Waals surface area contributed by atoms with Gasteiger partial charge in [0, 0.05) is 25.8 Å². The molecule has 0 aromatic carbocycles. The second kappa shape index (κ2) is 3.33. The van der Waals surface area contributed by atoms with E-state index in [4.69, 9.17) is 0 Å². The fourth-order valence-electron chi connectivity index (χ4n) is 1.15. The Morgan fingerprint density at radius 2 is 1.92 bits per heavy atom. The lowest BCUT2D eigenvalue weighted by Crippen LogP contribution is -2.26. The highest BCUT2D eigenvalue weighted by Crippen LogP contribution is 2.24. The van der Waals surface area contributed by atoms with Crippen LogP contribution < -0.4 is 4.90 Å². The van der Waals surface area contributed by atoms with Crippen LogP contribution in [-0.4, -0.2) is 23.6 Å². The lowest BCUT2D eigenvalue weighted by Gasteiger charge is -2.25. The van der Waals surface area contributed by atoms with E-state index < -0.39 is 0 Å². The molecule has 4 heteroatoms. The maximum atomic E-state index is 4.38. The van der Waals surface area contributed by atoms with Crippen LogP contribution in [0.3, 0.4) is 0 Å².